The second-order valence-electron chi connectivity index (χ2n) is 5.71. The van der Waals surface area contributed by atoms with E-state index in [9.17, 15) is 22.8 Å². The Morgan fingerprint density at radius 2 is 1.85 bits per heavy atom. The van der Waals surface area contributed by atoms with Crippen molar-refractivity contribution >= 4 is 49.0 Å². The zero-order chi connectivity index (χ0) is 19.9. The third-order valence-electron chi connectivity index (χ3n) is 3.98. The molecular weight excluding hydrogens is 416 g/mol. The summed E-state index contributed by atoms with van der Waals surface area (Å²) >= 11 is 6.56. The minimum atomic E-state index is -3.74. The Morgan fingerprint density at radius 3 is 2.44 bits per heavy atom. The number of halogens is 1. The van der Waals surface area contributed by atoms with Crippen LogP contribution in [0.25, 0.3) is 10.2 Å². The summed E-state index contributed by atoms with van der Waals surface area (Å²) in [5.41, 5.74) is -1.43. The molecule has 0 radical (unpaired) electrons. The monoisotopic (exact) mass is 428 g/mol. The molecule has 0 amide bonds. The van der Waals surface area contributed by atoms with Crippen LogP contribution >= 0.6 is 22.9 Å². The number of aromatic carboxylic acids is 1. The standard InChI is InChI=1S/C16H13ClN2O6S2/c1-18-14-11(8-12(26-14)15(21)22)13(20)19(16(18)23)6-7-27(24,25)10-4-2-9(17)3-5-10/h2-5,8H,6-7H2,1H3,(H,21,22). The predicted octanol–water partition coefficient (Wildman–Crippen LogP) is 1.59. The van der Waals surface area contributed by atoms with Crippen molar-refractivity contribution in [2.45, 2.75) is 11.4 Å². The van der Waals surface area contributed by atoms with Gasteiger partial charge in [-0.2, -0.15) is 0 Å². The molecule has 1 aromatic carbocycles. The van der Waals surface area contributed by atoms with Crippen molar-refractivity contribution in [1.82, 2.24) is 9.13 Å². The van der Waals surface area contributed by atoms with Gasteiger partial charge in [-0.1, -0.05) is 11.6 Å². The maximum atomic E-state index is 12.6. The van der Waals surface area contributed by atoms with Crippen LogP contribution < -0.4 is 11.2 Å². The number of hydrogen-bond acceptors (Lipinski definition) is 6. The summed E-state index contributed by atoms with van der Waals surface area (Å²) in [5, 5.41) is 9.53. The van der Waals surface area contributed by atoms with E-state index in [1.807, 2.05) is 0 Å². The molecule has 3 rings (SSSR count). The molecule has 142 valence electrons. The molecule has 0 atom stereocenters. The van der Waals surface area contributed by atoms with E-state index in [2.05, 4.69) is 0 Å². The van der Waals surface area contributed by atoms with E-state index >= 15 is 0 Å². The van der Waals surface area contributed by atoms with Crippen molar-refractivity contribution in [3.8, 4) is 0 Å². The Morgan fingerprint density at radius 1 is 1.22 bits per heavy atom. The highest BCUT2D eigenvalue weighted by atomic mass is 35.5. The molecule has 0 aliphatic heterocycles. The zero-order valence-corrected chi connectivity index (χ0v) is 16.3. The number of nitrogens with zero attached hydrogens (tertiary/aromatic N) is 2. The van der Waals surface area contributed by atoms with Crippen LogP contribution in [0.15, 0.2) is 44.8 Å². The van der Waals surface area contributed by atoms with Crippen LogP contribution in [0, 0.1) is 0 Å². The first kappa shape index (κ1) is 19.3. The number of rotatable bonds is 5. The van der Waals surface area contributed by atoms with E-state index < -0.39 is 32.8 Å². The number of aryl methyl sites for hydroxylation is 1. The summed E-state index contributed by atoms with van der Waals surface area (Å²) in [6, 6.07) is 6.75. The molecule has 2 aromatic heterocycles. The number of carboxylic acid groups (broad SMARTS) is 1. The summed E-state index contributed by atoms with van der Waals surface area (Å²) in [6.45, 7) is -0.356. The fourth-order valence-electron chi connectivity index (χ4n) is 2.56. The highest BCUT2D eigenvalue weighted by Crippen LogP contribution is 2.21. The maximum absolute atomic E-state index is 12.6. The predicted molar refractivity (Wildman–Crippen MR) is 102 cm³/mol. The largest absolute Gasteiger partial charge is 0.477 e. The molecule has 0 saturated carbocycles. The van der Waals surface area contributed by atoms with Crippen molar-refractivity contribution < 1.29 is 18.3 Å². The molecule has 0 aliphatic rings. The number of hydrogen-bond donors (Lipinski definition) is 1. The smallest absolute Gasteiger partial charge is 0.345 e. The lowest BCUT2D eigenvalue weighted by Crippen LogP contribution is -2.40. The van der Waals surface area contributed by atoms with Crippen LogP contribution in [0.3, 0.4) is 0 Å². The van der Waals surface area contributed by atoms with Gasteiger partial charge < -0.3 is 5.11 Å². The molecule has 0 fully saturated rings. The SMILES string of the molecule is Cn1c(=O)n(CCS(=O)(=O)c2ccc(Cl)cc2)c(=O)c2cc(C(=O)O)sc21. The minimum Gasteiger partial charge on any atom is -0.477 e. The van der Waals surface area contributed by atoms with Crippen LogP contribution in [0.5, 0.6) is 0 Å². The maximum Gasteiger partial charge on any atom is 0.345 e. The lowest BCUT2D eigenvalue weighted by molar-refractivity contribution is 0.0702. The van der Waals surface area contributed by atoms with Gasteiger partial charge in [-0.05, 0) is 30.3 Å². The van der Waals surface area contributed by atoms with Gasteiger partial charge in [0.05, 0.1) is 16.0 Å². The third-order valence-corrected chi connectivity index (χ3v) is 7.14. The Bertz CT molecular complexity index is 1270. The summed E-state index contributed by atoms with van der Waals surface area (Å²) in [4.78, 5) is 36.3. The average molecular weight is 429 g/mol. The van der Waals surface area contributed by atoms with Crippen molar-refractivity contribution in [1.29, 1.82) is 0 Å². The van der Waals surface area contributed by atoms with Crippen LogP contribution in [0.2, 0.25) is 5.02 Å². The van der Waals surface area contributed by atoms with Gasteiger partial charge in [0.15, 0.2) is 9.84 Å². The normalized spacial score (nSPS) is 11.8. The van der Waals surface area contributed by atoms with Gasteiger partial charge in [-0.3, -0.25) is 13.9 Å². The van der Waals surface area contributed by atoms with Gasteiger partial charge in [-0.25, -0.2) is 18.0 Å². The number of thiophene rings is 1. The van der Waals surface area contributed by atoms with E-state index in [1.165, 1.54) is 37.4 Å². The van der Waals surface area contributed by atoms with Crippen molar-refractivity contribution in [2.24, 2.45) is 7.05 Å². The van der Waals surface area contributed by atoms with E-state index in [0.29, 0.717) is 5.02 Å². The molecule has 11 heteroatoms. The van der Waals surface area contributed by atoms with Gasteiger partial charge in [0, 0.05) is 18.6 Å². The van der Waals surface area contributed by atoms with Crippen LogP contribution in [-0.2, 0) is 23.4 Å². The fourth-order valence-corrected chi connectivity index (χ4v) is 4.84. The van der Waals surface area contributed by atoms with E-state index in [4.69, 9.17) is 16.7 Å². The van der Waals surface area contributed by atoms with Crippen molar-refractivity contribution in [3.05, 3.63) is 61.1 Å². The lowest BCUT2D eigenvalue weighted by atomic mass is 10.3. The van der Waals surface area contributed by atoms with Crippen LogP contribution in [0.1, 0.15) is 9.67 Å². The summed E-state index contributed by atoms with van der Waals surface area (Å²) in [5.74, 6) is -1.68. The molecule has 0 unspecified atom stereocenters. The highest BCUT2D eigenvalue weighted by Gasteiger charge is 2.20. The number of benzene rings is 1. The first-order chi connectivity index (χ1) is 12.6. The van der Waals surface area contributed by atoms with Gasteiger partial charge in [0.25, 0.3) is 5.56 Å². The second-order valence-corrected chi connectivity index (χ2v) is 9.28. The Kier molecular flexibility index (Phi) is 4.98. The highest BCUT2D eigenvalue weighted by molar-refractivity contribution is 7.91. The summed E-state index contributed by atoms with van der Waals surface area (Å²) in [7, 11) is -2.34. The summed E-state index contributed by atoms with van der Waals surface area (Å²) in [6.07, 6.45) is 0. The second kappa shape index (κ2) is 6.95. The van der Waals surface area contributed by atoms with Crippen molar-refractivity contribution in [2.75, 3.05) is 5.75 Å². The van der Waals surface area contributed by atoms with Gasteiger partial charge in [0.1, 0.15) is 9.71 Å². The first-order valence-corrected chi connectivity index (χ1v) is 10.4. The molecule has 1 N–H and O–H groups in total. The Hall–Kier alpha value is -2.43. The number of carboxylic acids is 1. The van der Waals surface area contributed by atoms with E-state index in [0.717, 1.165) is 20.5 Å². The minimum absolute atomic E-state index is 0.0292. The molecule has 0 saturated heterocycles. The van der Waals surface area contributed by atoms with Crippen LogP contribution in [0.4, 0.5) is 0 Å². The van der Waals surface area contributed by atoms with Gasteiger partial charge >= 0.3 is 11.7 Å². The van der Waals surface area contributed by atoms with Gasteiger partial charge in [-0.15, -0.1) is 11.3 Å². The third kappa shape index (κ3) is 3.55. The molecule has 2 heterocycles. The molecule has 27 heavy (non-hydrogen) atoms. The summed E-state index contributed by atoms with van der Waals surface area (Å²) < 4.78 is 26.8. The number of carbonyl (C=O) groups is 1. The molecule has 8 nitrogen and oxygen atoms in total. The van der Waals surface area contributed by atoms with Gasteiger partial charge in [0.2, 0.25) is 0 Å². The average Bonchev–Trinajstić information content (AvgIpc) is 3.06. The molecule has 0 spiro atoms. The number of aromatic nitrogens is 2. The quantitative estimate of drug-likeness (QED) is 0.659. The lowest BCUT2D eigenvalue weighted by Gasteiger charge is -2.09. The topological polar surface area (TPSA) is 115 Å². The fraction of sp³-hybridized carbons (Fsp3) is 0.188. The van der Waals surface area contributed by atoms with Crippen LogP contribution in [-0.4, -0.2) is 34.4 Å². The molecule has 0 aliphatic carbocycles. The zero-order valence-electron chi connectivity index (χ0n) is 13.9. The molecular formula is C16H13ClN2O6S2. The Labute approximate surface area is 161 Å². The van der Waals surface area contributed by atoms with E-state index in [1.54, 1.807) is 0 Å². The Balaban J connectivity index is 2.02. The number of sulfone groups is 1. The molecule has 3 aromatic rings. The van der Waals surface area contributed by atoms with Crippen molar-refractivity contribution in [3.63, 3.8) is 0 Å². The van der Waals surface area contributed by atoms with E-state index in [-0.39, 0.29) is 26.5 Å². The molecule has 0 bridgehead atoms. The number of fused-ring (bicyclic) bond motifs is 1. The first-order valence-electron chi connectivity index (χ1n) is 7.57.